The van der Waals surface area contributed by atoms with Crippen molar-refractivity contribution in [2.75, 3.05) is 24.5 Å². The van der Waals surface area contributed by atoms with Crippen LogP contribution in [0.25, 0.3) is 5.69 Å². The third-order valence-corrected chi connectivity index (χ3v) is 7.20. The maximum atomic E-state index is 12.8. The Labute approximate surface area is 227 Å². The Morgan fingerprint density at radius 3 is 2.58 bits per heavy atom. The van der Waals surface area contributed by atoms with Crippen LogP contribution >= 0.6 is 11.6 Å². The summed E-state index contributed by atoms with van der Waals surface area (Å²) in [5.41, 5.74) is 0.927. The molecule has 0 bridgehead atoms. The average molecular weight is 537 g/mol. The van der Waals surface area contributed by atoms with Gasteiger partial charge in [-0.05, 0) is 75.4 Å². The number of piperidine rings is 1. The van der Waals surface area contributed by atoms with Crippen LogP contribution in [0, 0.1) is 5.92 Å². The van der Waals surface area contributed by atoms with Crippen molar-refractivity contribution in [2.45, 2.75) is 51.9 Å². The van der Waals surface area contributed by atoms with Gasteiger partial charge in [-0.25, -0.2) is 9.78 Å². The molecule has 0 spiro atoms. The van der Waals surface area contributed by atoms with Crippen LogP contribution in [0.1, 0.15) is 39.2 Å². The molecule has 0 N–H and O–H groups in total. The molecule has 8 nitrogen and oxygen atoms in total. The van der Waals surface area contributed by atoms with Gasteiger partial charge in [-0.2, -0.15) is 0 Å². The molecule has 3 aromatic rings. The second-order valence-corrected chi connectivity index (χ2v) is 11.3. The first-order valence-electron chi connectivity index (χ1n) is 13.0. The SMILES string of the molecule is CC(C)(C)OC(=O)N1CCCC2CN(c3ccc(-n4ccc(OCc5ccc(Cl)cc5)cc4=O)cn3)CC21. The number of rotatable bonds is 5. The van der Waals surface area contributed by atoms with Gasteiger partial charge in [0.25, 0.3) is 5.56 Å². The second kappa shape index (κ2) is 10.7. The Balaban J connectivity index is 1.24. The molecule has 200 valence electrons. The van der Waals surface area contributed by atoms with E-state index in [1.807, 2.05) is 62.1 Å². The number of amides is 1. The Morgan fingerprint density at radius 2 is 1.89 bits per heavy atom. The molecule has 5 rings (SSSR count). The number of pyridine rings is 2. The maximum Gasteiger partial charge on any atom is 0.410 e. The number of carbonyl (C=O) groups is 1. The van der Waals surface area contributed by atoms with Crippen molar-refractivity contribution in [1.29, 1.82) is 0 Å². The van der Waals surface area contributed by atoms with Crippen LogP contribution in [0.3, 0.4) is 0 Å². The minimum Gasteiger partial charge on any atom is -0.489 e. The second-order valence-electron chi connectivity index (χ2n) is 10.9. The molecule has 9 heteroatoms. The smallest absolute Gasteiger partial charge is 0.410 e. The van der Waals surface area contributed by atoms with E-state index < -0.39 is 5.60 Å². The van der Waals surface area contributed by atoms with Gasteiger partial charge in [-0.1, -0.05) is 23.7 Å². The zero-order chi connectivity index (χ0) is 26.9. The summed E-state index contributed by atoms with van der Waals surface area (Å²) in [6.45, 7) is 8.31. The standard InChI is InChI=1S/C29H33ClN4O4/c1-29(2,3)38-28(36)34-13-4-5-21-17-32(18-25(21)34)26-11-10-23(16-31-26)33-14-12-24(15-27(33)35)37-19-20-6-8-22(30)9-7-20/h6-12,14-16,21,25H,4-5,13,17-19H2,1-3H3. The highest BCUT2D eigenvalue weighted by Gasteiger charge is 2.42. The predicted molar refractivity (Wildman–Crippen MR) is 147 cm³/mol. The molecule has 2 saturated heterocycles. The van der Waals surface area contributed by atoms with Crippen molar-refractivity contribution in [3.8, 4) is 11.4 Å². The molecule has 4 heterocycles. The van der Waals surface area contributed by atoms with E-state index >= 15 is 0 Å². The lowest BCUT2D eigenvalue weighted by atomic mass is 9.92. The Kier molecular flexibility index (Phi) is 7.34. The number of benzene rings is 1. The van der Waals surface area contributed by atoms with Crippen molar-refractivity contribution in [3.05, 3.63) is 81.9 Å². The van der Waals surface area contributed by atoms with E-state index in [1.165, 1.54) is 6.07 Å². The summed E-state index contributed by atoms with van der Waals surface area (Å²) in [4.78, 5) is 34.4. The van der Waals surface area contributed by atoms with Crippen molar-refractivity contribution >= 4 is 23.5 Å². The van der Waals surface area contributed by atoms with Crippen molar-refractivity contribution in [3.63, 3.8) is 0 Å². The summed E-state index contributed by atoms with van der Waals surface area (Å²) in [6.07, 6.45) is 5.22. The van der Waals surface area contributed by atoms with E-state index in [0.717, 1.165) is 43.9 Å². The number of fused-ring (bicyclic) bond motifs is 1. The minimum absolute atomic E-state index is 0.114. The Bertz CT molecular complexity index is 1330. The fourth-order valence-corrected chi connectivity index (χ4v) is 5.26. The fourth-order valence-electron chi connectivity index (χ4n) is 5.13. The van der Waals surface area contributed by atoms with Gasteiger partial charge in [0.1, 0.15) is 23.8 Å². The summed E-state index contributed by atoms with van der Waals surface area (Å²) in [5.74, 6) is 1.73. The van der Waals surface area contributed by atoms with Gasteiger partial charge in [-0.3, -0.25) is 9.36 Å². The monoisotopic (exact) mass is 536 g/mol. The first-order chi connectivity index (χ1) is 18.2. The third-order valence-electron chi connectivity index (χ3n) is 6.95. The molecule has 2 fully saturated rings. The molecule has 2 atom stereocenters. The highest BCUT2D eigenvalue weighted by molar-refractivity contribution is 6.30. The van der Waals surface area contributed by atoms with Gasteiger partial charge in [0.2, 0.25) is 0 Å². The van der Waals surface area contributed by atoms with E-state index in [-0.39, 0.29) is 17.7 Å². The normalized spacial score (nSPS) is 19.3. The van der Waals surface area contributed by atoms with Crippen LogP contribution in [0.4, 0.5) is 10.6 Å². The van der Waals surface area contributed by atoms with Crippen LogP contribution in [0.2, 0.25) is 5.02 Å². The largest absolute Gasteiger partial charge is 0.489 e. The Morgan fingerprint density at radius 1 is 1.11 bits per heavy atom. The quantitative estimate of drug-likeness (QED) is 0.440. The van der Waals surface area contributed by atoms with E-state index in [1.54, 1.807) is 23.0 Å². The van der Waals surface area contributed by atoms with Gasteiger partial charge in [0, 0.05) is 36.9 Å². The molecular formula is C29H33ClN4O4. The van der Waals surface area contributed by atoms with Gasteiger partial charge in [0.15, 0.2) is 0 Å². The number of aromatic nitrogens is 2. The number of likely N-dealkylation sites (tertiary alicyclic amines) is 1. The maximum absolute atomic E-state index is 12.8. The molecule has 0 saturated carbocycles. The molecule has 1 aromatic carbocycles. The first kappa shape index (κ1) is 26.1. The van der Waals surface area contributed by atoms with E-state index in [4.69, 9.17) is 21.1 Å². The highest BCUT2D eigenvalue weighted by atomic mass is 35.5. The third kappa shape index (κ3) is 5.96. The van der Waals surface area contributed by atoms with Gasteiger partial charge >= 0.3 is 6.09 Å². The number of nitrogens with zero attached hydrogens (tertiary/aromatic N) is 4. The number of anilines is 1. The topological polar surface area (TPSA) is 76.9 Å². The number of hydrogen-bond donors (Lipinski definition) is 0. The number of carbonyl (C=O) groups excluding carboxylic acids is 1. The molecule has 0 aliphatic carbocycles. The lowest BCUT2D eigenvalue weighted by Gasteiger charge is -2.37. The number of hydrogen-bond acceptors (Lipinski definition) is 6. The molecule has 1 amide bonds. The lowest BCUT2D eigenvalue weighted by Crippen LogP contribution is -2.50. The van der Waals surface area contributed by atoms with Crippen LogP contribution in [0.15, 0.2) is 65.7 Å². The lowest BCUT2D eigenvalue weighted by molar-refractivity contribution is 0.00669. The van der Waals surface area contributed by atoms with Gasteiger partial charge < -0.3 is 19.3 Å². The number of halogens is 1. The summed E-state index contributed by atoms with van der Waals surface area (Å²) in [5, 5.41) is 0.668. The van der Waals surface area contributed by atoms with Gasteiger partial charge in [0.05, 0.1) is 17.9 Å². The van der Waals surface area contributed by atoms with Crippen molar-refractivity contribution in [1.82, 2.24) is 14.5 Å². The molecule has 2 aliphatic rings. The summed E-state index contributed by atoms with van der Waals surface area (Å²) in [7, 11) is 0. The molecule has 2 aromatic heterocycles. The van der Waals surface area contributed by atoms with Crippen LogP contribution < -0.4 is 15.2 Å². The molecule has 2 unspecified atom stereocenters. The summed E-state index contributed by atoms with van der Waals surface area (Å²) < 4.78 is 13.0. The average Bonchev–Trinajstić information content (AvgIpc) is 3.32. The van der Waals surface area contributed by atoms with E-state index in [9.17, 15) is 9.59 Å². The van der Waals surface area contributed by atoms with Crippen LogP contribution in [0.5, 0.6) is 5.75 Å². The molecule has 0 radical (unpaired) electrons. The first-order valence-corrected chi connectivity index (χ1v) is 13.3. The fraction of sp³-hybridized carbons (Fsp3) is 0.414. The van der Waals surface area contributed by atoms with Crippen molar-refractivity contribution in [2.24, 2.45) is 5.92 Å². The zero-order valence-electron chi connectivity index (χ0n) is 22.0. The summed E-state index contributed by atoms with van der Waals surface area (Å²) in [6, 6.07) is 14.6. The Hall–Kier alpha value is -3.52. The molecular weight excluding hydrogens is 504 g/mol. The molecule has 2 aliphatic heterocycles. The predicted octanol–water partition coefficient (Wildman–Crippen LogP) is 5.30. The molecule has 38 heavy (non-hydrogen) atoms. The van der Waals surface area contributed by atoms with Crippen LogP contribution in [-0.2, 0) is 11.3 Å². The summed E-state index contributed by atoms with van der Waals surface area (Å²) >= 11 is 5.93. The van der Waals surface area contributed by atoms with E-state index in [2.05, 4.69) is 9.88 Å². The minimum atomic E-state index is -0.515. The van der Waals surface area contributed by atoms with E-state index in [0.29, 0.717) is 29.0 Å². The van der Waals surface area contributed by atoms with Gasteiger partial charge in [-0.15, -0.1) is 0 Å². The van der Waals surface area contributed by atoms with Crippen molar-refractivity contribution < 1.29 is 14.3 Å². The highest BCUT2D eigenvalue weighted by Crippen LogP contribution is 2.33. The number of ether oxygens (including phenoxy) is 2. The zero-order valence-corrected chi connectivity index (χ0v) is 22.7. The van der Waals surface area contributed by atoms with Crippen LogP contribution in [-0.4, -0.2) is 51.8 Å².